The number of nitrogens with zero attached hydrogens (tertiary/aromatic N) is 1. The Bertz CT molecular complexity index is 750. The Morgan fingerprint density at radius 1 is 1.31 bits per heavy atom. The first-order chi connectivity index (χ1) is 12.4. The lowest BCUT2D eigenvalue weighted by Crippen LogP contribution is -2.45. The molecule has 2 aliphatic heterocycles. The van der Waals surface area contributed by atoms with Gasteiger partial charge in [0.1, 0.15) is 17.2 Å². The summed E-state index contributed by atoms with van der Waals surface area (Å²) in [5.74, 6) is -1.91. The molecule has 2 bridgehead atoms. The van der Waals surface area contributed by atoms with Crippen LogP contribution in [0.2, 0.25) is 0 Å². The highest BCUT2D eigenvalue weighted by atomic mass is 19.1. The summed E-state index contributed by atoms with van der Waals surface area (Å²) in [5, 5.41) is 5.74. The van der Waals surface area contributed by atoms with E-state index in [1.54, 1.807) is 4.90 Å². The molecule has 2 amide bonds. The van der Waals surface area contributed by atoms with Crippen molar-refractivity contribution in [2.24, 2.45) is 5.92 Å². The quantitative estimate of drug-likeness (QED) is 0.809. The molecule has 7 heteroatoms. The maximum absolute atomic E-state index is 13.7. The van der Waals surface area contributed by atoms with Crippen molar-refractivity contribution in [1.82, 2.24) is 15.5 Å². The van der Waals surface area contributed by atoms with Gasteiger partial charge in [-0.15, -0.1) is 0 Å². The number of nitrogens with one attached hydrogen (secondary N) is 2. The molecule has 0 radical (unpaired) electrons. The highest BCUT2D eigenvalue weighted by Crippen LogP contribution is 2.25. The van der Waals surface area contributed by atoms with E-state index < -0.39 is 17.5 Å². The molecule has 0 spiro atoms. The van der Waals surface area contributed by atoms with Crippen molar-refractivity contribution in [1.29, 1.82) is 0 Å². The number of carbonyl (C=O) groups is 2. The van der Waals surface area contributed by atoms with E-state index in [1.807, 2.05) is 6.92 Å². The fourth-order valence-electron chi connectivity index (χ4n) is 3.44. The smallest absolute Gasteiger partial charge is 0.261 e. The minimum absolute atomic E-state index is 0.0102. The Balaban J connectivity index is 1.74. The fourth-order valence-corrected chi connectivity index (χ4v) is 3.44. The molecule has 2 aliphatic rings. The molecule has 5 nitrogen and oxygen atoms in total. The van der Waals surface area contributed by atoms with Crippen molar-refractivity contribution in [3.05, 3.63) is 47.2 Å². The van der Waals surface area contributed by atoms with Gasteiger partial charge in [-0.1, -0.05) is 13.0 Å². The van der Waals surface area contributed by atoms with Gasteiger partial charge >= 0.3 is 0 Å². The third-order valence-electron chi connectivity index (χ3n) is 5.28. The Kier molecular flexibility index (Phi) is 5.25. The van der Waals surface area contributed by atoms with E-state index in [-0.39, 0.29) is 35.7 Å². The molecule has 0 unspecified atom stereocenters. The van der Waals surface area contributed by atoms with Gasteiger partial charge in [0.25, 0.3) is 11.8 Å². The van der Waals surface area contributed by atoms with E-state index in [0.717, 1.165) is 25.0 Å². The lowest BCUT2D eigenvalue weighted by atomic mass is 9.97. The molecule has 2 N–H and O–H groups in total. The van der Waals surface area contributed by atoms with E-state index in [9.17, 15) is 18.4 Å². The van der Waals surface area contributed by atoms with Crippen LogP contribution in [0.4, 0.5) is 8.78 Å². The molecule has 3 atom stereocenters. The summed E-state index contributed by atoms with van der Waals surface area (Å²) in [5.41, 5.74) is 0.170. The summed E-state index contributed by atoms with van der Waals surface area (Å²) >= 11 is 0. The standard InChI is InChI=1S/C19H23F2N3O2/c1-11-3-4-12(2)24-10-17(11)22-9-15(19(24)26)18(25)23-8-13-5-6-14(20)7-16(13)21/h5-7,9,11-12,17,22H,3-4,8,10H2,1-2H3,(H,23,25)/t11-,12-,17+/m0/s1. The Labute approximate surface area is 151 Å². The van der Waals surface area contributed by atoms with Gasteiger partial charge in [0, 0.05) is 43.0 Å². The topological polar surface area (TPSA) is 61.4 Å². The van der Waals surface area contributed by atoms with Crippen LogP contribution in [-0.4, -0.2) is 35.3 Å². The number of hydrogen-bond acceptors (Lipinski definition) is 3. The van der Waals surface area contributed by atoms with E-state index in [1.165, 1.54) is 12.3 Å². The van der Waals surface area contributed by atoms with Crippen LogP contribution in [0.15, 0.2) is 30.0 Å². The molecule has 140 valence electrons. The van der Waals surface area contributed by atoms with Crippen LogP contribution in [0, 0.1) is 17.6 Å². The molecule has 1 aromatic rings. The molecule has 2 heterocycles. The maximum Gasteiger partial charge on any atom is 0.261 e. The van der Waals surface area contributed by atoms with Gasteiger partial charge in [-0.2, -0.15) is 0 Å². The summed E-state index contributed by atoms with van der Waals surface area (Å²) < 4.78 is 26.7. The highest BCUT2D eigenvalue weighted by molar-refractivity contribution is 6.18. The molecule has 3 rings (SSSR count). The maximum atomic E-state index is 13.7. The third-order valence-corrected chi connectivity index (χ3v) is 5.28. The molecular weight excluding hydrogens is 340 g/mol. The molecule has 0 saturated carbocycles. The summed E-state index contributed by atoms with van der Waals surface area (Å²) in [6.07, 6.45) is 3.38. The molecule has 0 aliphatic carbocycles. The second-order valence-corrected chi connectivity index (χ2v) is 7.11. The van der Waals surface area contributed by atoms with Gasteiger partial charge in [0.05, 0.1) is 0 Å². The van der Waals surface area contributed by atoms with Gasteiger partial charge < -0.3 is 15.5 Å². The van der Waals surface area contributed by atoms with Crippen molar-refractivity contribution in [3.8, 4) is 0 Å². The number of rotatable bonds is 3. The largest absolute Gasteiger partial charge is 0.385 e. The lowest BCUT2D eigenvalue weighted by molar-refractivity contribution is -0.131. The number of carbonyl (C=O) groups excluding carboxylic acids is 2. The minimum atomic E-state index is -0.733. The normalized spacial score (nSPS) is 25.7. The van der Waals surface area contributed by atoms with Crippen LogP contribution in [0.1, 0.15) is 32.3 Å². The number of fused-ring (bicyclic) bond motifs is 2. The van der Waals surface area contributed by atoms with E-state index in [4.69, 9.17) is 0 Å². The van der Waals surface area contributed by atoms with Gasteiger partial charge in [-0.25, -0.2) is 8.78 Å². The van der Waals surface area contributed by atoms with Crippen LogP contribution in [-0.2, 0) is 16.1 Å². The van der Waals surface area contributed by atoms with E-state index in [2.05, 4.69) is 17.6 Å². The molecule has 1 fully saturated rings. The van der Waals surface area contributed by atoms with E-state index in [0.29, 0.717) is 12.5 Å². The molecule has 1 saturated heterocycles. The predicted octanol–water partition coefficient (Wildman–Crippen LogP) is 2.08. The Morgan fingerprint density at radius 3 is 2.81 bits per heavy atom. The third kappa shape index (κ3) is 3.71. The first-order valence-electron chi connectivity index (χ1n) is 8.86. The van der Waals surface area contributed by atoms with Gasteiger partial charge in [-0.05, 0) is 31.7 Å². The highest BCUT2D eigenvalue weighted by Gasteiger charge is 2.36. The van der Waals surface area contributed by atoms with Crippen molar-refractivity contribution in [2.75, 3.05) is 6.54 Å². The Morgan fingerprint density at radius 2 is 2.08 bits per heavy atom. The molecule has 26 heavy (non-hydrogen) atoms. The van der Waals surface area contributed by atoms with E-state index >= 15 is 0 Å². The average Bonchev–Trinajstić information content (AvgIpc) is 2.85. The van der Waals surface area contributed by atoms with Crippen molar-refractivity contribution < 1.29 is 18.4 Å². The van der Waals surface area contributed by atoms with Crippen LogP contribution < -0.4 is 10.6 Å². The molecular formula is C19H23F2N3O2. The fraction of sp³-hybridized carbons (Fsp3) is 0.474. The zero-order valence-corrected chi connectivity index (χ0v) is 14.9. The molecule has 1 aromatic carbocycles. The Hall–Kier alpha value is -2.44. The lowest BCUT2D eigenvalue weighted by Gasteiger charge is -2.28. The number of benzene rings is 1. The van der Waals surface area contributed by atoms with Gasteiger partial charge in [0.15, 0.2) is 0 Å². The number of hydrogen-bond donors (Lipinski definition) is 2. The van der Waals surface area contributed by atoms with Gasteiger partial charge in [0.2, 0.25) is 0 Å². The first-order valence-corrected chi connectivity index (χ1v) is 8.86. The summed E-state index contributed by atoms with van der Waals surface area (Å²) in [7, 11) is 0. The van der Waals surface area contributed by atoms with Crippen LogP contribution in [0.3, 0.4) is 0 Å². The van der Waals surface area contributed by atoms with Crippen molar-refractivity contribution >= 4 is 11.8 Å². The summed E-state index contributed by atoms with van der Waals surface area (Å²) in [4.78, 5) is 27.1. The van der Waals surface area contributed by atoms with Gasteiger partial charge in [-0.3, -0.25) is 9.59 Å². The first kappa shape index (κ1) is 18.4. The molecule has 0 aromatic heterocycles. The summed E-state index contributed by atoms with van der Waals surface area (Å²) in [6, 6.07) is 3.32. The minimum Gasteiger partial charge on any atom is -0.385 e. The van der Waals surface area contributed by atoms with Crippen LogP contribution in [0.25, 0.3) is 0 Å². The SMILES string of the molecule is C[C@H]1CC[C@H](C)N2C[C@H]1NC=C(C(=O)NCc1ccc(F)cc1F)C2=O. The summed E-state index contributed by atoms with van der Waals surface area (Å²) in [6.45, 7) is 4.56. The van der Waals surface area contributed by atoms with Crippen molar-refractivity contribution in [2.45, 2.75) is 45.3 Å². The second kappa shape index (κ2) is 7.43. The zero-order valence-electron chi connectivity index (χ0n) is 14.9. The number of amides is 2. The van der Waals surface area contributed by atoms with Crippen molar-refractivity contribution in [3.63, 3.8) is 0 Å². The monoisotopic (exact) mass is 363 g/mol. The predicted molar refractivity (Wildman–Crippen MR) is 92.8 cm³/mol. The van der Waals surface area contributed by atoms with Crippen LogP contribution >= 0.6 is 0 Å². The zero-order chi connectivity index (χ0) is 18.8. The second-order valence-electron chi connectivity index (χ2n) is 7.11. The van der Waals surface area contributed by atoms with Crippen LogP contribution in [0.5, 0.6) is 0 Å². The average molecular weight is 363 g/mol. The number of halogens is 2.